The van der Waals surface area contributed by atoms with Crippen LogP contribution in [0.2, 0.25) is 0 Å². The second kappa shape index (κ2) is 24.0. The van der Waals surface area contributed by atoms with Crippen LogP contribution < -0.4 is 10.2 Å². The maximum absolute atomic E-state index is 6.78. The molecule has 30 heteroatoms. The third-order valence-electron chi connectivity index (χ3n) is 6.55. The highest BCUT2D eigenvalue weighted by molar-refractivity contribution is 8.15. The monoisotopic (exact) mass is 978 g/mol. The first-order chi connectivity index (χ1) is 24.9. The van der Waals surface area contributed by atoms with E-state index < -0.39 is 40.6 Å². The van der Waals surface area contributed by atoms with E-state index in [1.807, 2.05) is 0 Å². The Morgan fingerprint density at radius 1 is 0.346 bits per heavy atom. The molecule has 4 atom stereocenters. The van der Waals surface area contributed by atoms with E-state index in [4.69, 9.17) is 114 Å². The van der Waals surface area contributed by atoms with Crippen molar-refractivity contribution in [3.8, 4) is 0 Å². The topological polar surface area (TPSA) is 191 Å². The second-order valence-electron chi connectivity index (χ2n) is 10.7. The molecule has 0 aliphatic carbocycles. The van der Waals surface area contributed by atoms with Crippen molar-refractivity contribution >= 4 is 108 Å². The van der Waals surface area contributed by atoms with Crippen molar-refractivity contribution in [2.75, 3.05) is 119 Å². The fraction of sp³-hybridized carbons (Fsp3) is 1.00. The van der Waals surface area contributed by atoms with Gasteiger partial charge >= 0.3 is 13.6 Å². The summed E-state index contributed by atoms with van der Waals surface area (Å²) in [5, 5.41) is 6.68. The molecule has 0 fully saturated rings. The molecular weight excluding hydrogens is 935 g/mol. The highest BCUT2D eigenvalue weighted by Crippen LogP contribution is 2.84. The predicted octanol–water partition coefficient (Wildman–Crippen LogP) is 11.1. The fourth-order valence-corrected chi connectivity index (χ4v) is 30.7. The summed E-state index contributed by atoms with van der Waals surface area (Å²) in [6, 6.07) is 0. The molecule has 4 bridgehead atoms. The summed E-state index contributed by atoms with van der Waals surface area (Å²) in [6.45, 7) is -0.651. The minimum absolute atomic E-state index is 0.135. The Kier molecular flexibility index (Phi) is 21.9. The van der Waals surface area contributed by atoms with Gasteiger partial charge in [-0.2, -0.15) is 27.1 Å². The summed E-state index contributed by atoms with van der Waals surface area (Å²) in [7, 11) is -6.32. The summed E-state index contributed by atoms with van der Waals surface area (Å²) in [6.07, 6.45) is 3.16. The molecule has 0 spiro atoms. The van der Waals surface area contributed by atoms with Gasteiger partial charge in [-0.05, 0) is 80.3 Å². The Labute approximate surface area is 334 Å². The zero-order valence-corrected chi connectivity index (χ0v) is 38.2. The van der Waals surface area contributed by atoms with Crippen molar-refractivity contribution < 1.29 is 46.5 Å². The molecule has 0 saturated carbocycles. The number of unbranched alkanes of at least 4 members (excludes halogenated alkanes) is 3. The molecule has 4 rings (SSSR count). The molecule has 4 aliphatic rings. The van der Waals surface area contributed by atoms with Gasteiger partial charge in [0.05, 0.1) is 106 Å². The molecule has 2 N–H and O–H groups in total. The van der Waals surface area contributed by atoms with Crippen LogP contribution in [0.4, 0.5) is 0 Å². The SMILES string of the molecule is ClP1(Cl)=NP2(Cl)=NP(NCCCCCCNP34=NP(Cl)(Cl)=NP(Cl)(=N3)OCCOCCOCCOCCO4)(=N1)OCCOCCOCCOCCO2. The van der Waals surface area contributed by atoms with E-state index in [1.54, 1.807) is 0 Å². The van der Waals surface area contributed by atoms with Gasteiger partial charge in [0.2, 0.25) is 0 Å². The van der Waals surface area contributed by atoms with E-state index in [9.17, 15) is 0 Å². The third kappa shape index (κ3) is 18.3. The zero-order chi connectivity index (χ0) is 37.3. The highest BCUT2D eigenvalue weighted by atomic mass is 35.9. The molecule has 4 heterocycles. The van der Waals surface area contributed by atoms with Crippen LogP contribution in [0.5, 0.6) is 0 Å². The maximum atomic E-state index is 6.78. The molecule has 18 nitrogen and oxygen atoms in total. The smallest absolute Gasteiger partial charge is 0.300 e. The van der Waals surface area contributed by atoms with Gasteiger partial charge in [-0.3, -0.25) is 0 Å². The second-order valence-corrected chi connectivity index (χ2v) is 31.9. The molecule has 306 valence electrons. The number of nitrogens with zero attached hydrogens (tertiary/aromatic N) is 6. The number of ether oxygens (including phenoxy) is 6. The lowest BCUT2D eigenvalue weighted by atomic mass is 10.2. The van der Waals surface area contributed by atoms with Gasteiger partial charge in [-0.25, -0.2) is 10.2 Å². The van der Waals surface area contributed by atoms with Crippen molar-refractivity contribution in [1.29, 1.82) is 0 Å². The standard InChI is InChI=1S/C22H46Cl6N8O10P6/c23-47(24)31-49(27)35-51(33-47,45-21-17-41-13-9-37-7-11-39-15-19-43-49)29-5-3-1-2-4-6-30-52-34-48(25,26)32-50(28,36-52)44-20-16-40-12-8-38-10-14-42-18-22-46-52/h29-30H,1-22H2. The van der Waals surface area contributed by atoms with Crippen LogP contribution in [-0.2, 0) is 46.5 Å². The summed E-state index contributed by atoms with van der Waals surface area (Å²) in [5.41, 5.74) is 0. The van der Waals surface area contributed by atoms with Crippen LogP contribution in [-0.4, -0.2) is 119 Å². The average Bonchev–Trinajstić information content (AvgIpc) is 3.04. The van der Waals surface area contributed by atoms with Crippen molar-refractivity contribution in [2.24, 2.45) is 27.1 Å². The summed E-state index contributed by atoms with van der Waals surface area (Å²) in [5.74, 6) is -6.51. The maximum Gasteiger partial charge on any atom is 0.300 e. The Bertz CT molecular complexity index is 1370. The van der Waals surface area contributed by atoms with E-state index in [-0.39, 0.29) is 52.9 Å². The van der Waals surface area contributed by atoms with Gasteiger partial charge in [-0.1, -0.05) is 12.8 Å². The van der Waals surface area contributed by atoms with Gasteiger partial charge in [-0.15, -0.1) is 0 Å². The van der Waals surface area contributed by atoms with Gasteiger partial charge in [0.15, 0.2) is 0 Å². The Hall–Kier alpha value is 2.64. The summed E-state index contributed by atoms with van der Waals surface area (Å²) < 4.78 is 84.4. The van der Waals surface area contributed by atoms with E-state index in [1.165, 1.54) is 0 Å². The van der Waals surface area contributed by atoms with Crippen LogP contribution in [0, 0.1) is 0 Å². The van der Waals surface area contributed by atoms with Gasteiger partial charge in [0.1, 0.15) is 0 Å². The number of hydrogen-bond acceptors (Lipinski definition) is 18. The number of hydrogen-bond donors (Lipinski definition) is 2. The van der Waals surface area contributed by atoms with Gasteiger partial charge in [0.25, 0.3) is 27.0 Å². The Balaban J connectivity index is 1.34. The fourth-order valence-electron chi connectivity index (χ4n) is 4.40. The van der Waals surface area contributed by atoms with Gasteiger partial charge < -0.3 is 46.5 Å². The lowest BCUT2D eigenvalue weighted by molar-refractivity contribution is 0.00554. The molecule has 4 aliphatic heterocycles. The molecule has 0 aromatic rings. The number of halogens is 6. The minimum atomic E-state index is -3.30. The molecule has 52 heavy (non-hydrogen) atoms. The van der Waals surface area contributed by atoms with Crippen molar-refractivity contribution in [3.63, 3.8) is 0 Å². The zero-order valence-electron chi connectivity index (χ0n) is 28.3. The first kappa shape index (κ1) is 47.3. The lowest BCUT2D eigenvalue weighted by Gasteiger charge is -2.29. The number of rotatable bonds is 9. The molecule has 0 saturated heterocycles. The molecule has 0 radical (unpaired) electrons. The van der Waals surface area contributed by atoms with Crippen molar-refractivity contribution in [3.05, 3.63) is 0 Å². The third-order valence-corrected chi connectivity index (χ3v) is 28.7. The lowest BCUT2D eigenvalue weighted by Crippen LogP contribution is -2.18. The number of nitrogens with one attached hydrogen (secondary N) is 2. The van der Waals surface area contributed by atoms with E-state index >= 15 is 0 Å². The van der Waals surface area contributed by atoms with Crippen LogP contribution >= 0.6 is 108 Å². The van der Waals surface area contributed by atoms with E-state index in [0.717, 1.165) is 25.7 Å². The van der Waals surface area contributed by atoms with E-state index in [0.29, 0.717) is 65.9 Å². The van der Waals surface area contributed by atoms with Crippen molar-refractivity contribution in [1.82, 2.24) is 10.2 Å². The Morgan fingerprint density at radius 3 is 0.962 bits per heavy atom. The van der Waals surface area contributed by atoms with E-state index in [2.05, 4.69) is 37.3 Å². The van der Waals surface area contributed by atoms with Crippen LogP contribution in [0.25, 0.3) is 0 Å². The summed E-state index contributed by atoms with van der Waals surface area (Å²) in [4.78, 5) is 0. The normalized spacial score (nSPS) is 34.5. The predicted molar refractivity (Wildman–Crippen MR) is 214 cm³/mol. The Morgan fingerprint density at radius 2 is 0.635 bits per heavy atom. The summed E-state index contributed by atoms with van der Waals surface area (Å²) >= 11 is 39.7. The average molecular weight is 981 g/mol. The molecular formula is C22H46Cl6N8O10P6. The van der Waals surface area contributed by atoms with Crippen LogP contribution in [0.15, 0.2) is 27.1 Å². The number of fused-ring (bicyclic) bond motifs is 2. The molecule has 0 amide bonds. The quantitative estimate of drug-likeness (QED) is 0.164. The van der Waals surface area contributed by atoms with Gasteiger partial charge in [0, 0.05) is 13.1 Å². The van der Waals surface area contributed by atoms with Crippen LogP contribution in [0.1, 0.15) is 25.7 Å². The minimum Gasteiger partial charge on any atom is -0.377 e. The molecule has 0 aromatic carbocycles. The first-order valence-corrected chi connectivity index (χ1v) is 31.7. The first-order valence-electron chi connectivity index (χ1n) is 16.4. The highest BCUT2D eigenvalue weighted by Gasteiger charge is 2.38. The van der Waals surface area contributed by atoms with Crippen LogP contribution in [0.3, 0.4) is 0 Å². The molecule has 0 aromatic heterocycles. The molecule has 4 unspecified atom stereocenters. The van der Waals surface area contributed by atoms with Crippen molar-refractivity contribution in [2.45, 2.75) is 25.7 Å². The largest absolute Gasteiger partial charge is 0.377 e.